The molecule has 6 nitrogen and oxygen atoms in total. The number of Topliss-reactive ketones (excluding diaryl/α,β-unsaturated/α-hetero) is 1. The lowest BCUT2D eigenvalue weighted by molar-refractivity contribution is -0.138. The largest absolute Gasteiger partial charge is 0.507 e. The molecule has 2 aromatic rings. The number of phenols is 1. The predicted molar refractivity (Wildman–Crippen MR) is 105 cm³/mol. The number of carbonyl (C=O) groups excluding carboxylic acids is 1. The van der Waals surface area contributed by atoms with E-state index in [-0.39, 0.29) is 17.0 Å². The molecule has 1 spiro atoms. The quantitative estimate of drug-likeness (QED) is 0.781. The molecule has 2 fully saturated rings. The zero-order valence-corrected chi connectivity index (χ0v) is 15.9. The summed E-state index contributed by atoms with van der Waals surface area (Å²) in [5.74, 6) is 7.13. The minimum absolute atomic E-state index is 0.126. The Labute approximate surface area is 164 Å². The molecule has 0 aliphatic heterocycles. The highest BCUT2D eigenvalue weighted by Gasteiger charge is 2.49. The number of phenolic OH excluding ortho intramolecular Hbond substituents is 1. The highest BCUT2D eigenvalue weighted by atomic mass is 16.5. The fraction of sp³-hybridized carbons (Fsp3) is 0.409. The van der Waals surface area contributed by atoms with Gasteiger partial charge in [0.05, 0.1) is 11.3 Å². The molecule has 0 saturated heterocycles. The average Bonchev–Trinajstić information content (AvgIpc) is 2.68. The van der Waals surface area contributed by atoms with Crippen molar-refractivity contribution in [2.75, 3.05) is 12.8 Å². The molecular weight excluding hydrogens is 354 g/mol. The van der Waals surface area contributed by atoms with Crippen molar-refractivity contribution in [3.05, 3.63) is 35.9 Å². The van der Waals surface area contributed by atoms with E-state index in [9.17, 15) is 9.90 Å². The van der Waals surface area contributed by atoms with Gasteiger partial charge in [-0.15, -0.1) is 10.2 Å². The number of hydrogen-bond donors (Lipinski definition) is 2. The molecule has 1 aromatic heterocycles. The van der Waals surface area contributed by atoms with Crippen molar-refractivity contribution in [1.82, 2.24) is 10.2 Å². The van der Waals surface area contributed by atoms with Crippen LogP contribution in [0.3, 0.4) is 0 Å². The Morgan fingerprint density at radius 3 is 2.50 bits per heavy atom. The normalized spacial score (nSPS) is 19.5. The zero-order chi connectivity index (χ0) is 19.8. The number of anilines is 1. The Balaban J connectivity index is 1.59. The molecule has 28 heavy (non-hydrogen) atoms. The molecule has 2 saturated carbocycles. The first-order chi connectivity index (χ1) is 13.4. The van der Waals surface area contributed by atoms with Crippen molar-refractivity contribution in [1.29, 1.82) is 0 Å². The number of para-hydroxylation sites is 1. The lowest BCUT2D eigenvalue weighted by Gasteiger charge is -2.48. The van der Waals surface area contributed by atoms with Crippen molar-refractivity contribution < 1.29 is 14.6 Å². The smallest absolute Gasteiger partial charge is 0.161 e. The highest BCUT2D eigenvalue weighted by Crippen LogP contribution is 2.52. The summed E-state index contributed by atoms with van der Waals surface area (Å²) < 4.78 is 5.79. The van der Waals surface area contributed by atoms with E-state index < -0.39 is 5.60 Å². The van der Waals surface area contributed by atoms with E-state index in [1.807, 2.05) is 6.07 Å². The van der Waals surface area contributed by atoms with Crippen LogP contribution in [0.4, 0.5) is 5.82 Å². The second-order valence-corrected chi connectivity index (χ2v) is 7.89. The summed E-state index contributed by atoms with van der Waals surface area (Å²) in [4.78, 5) is 11.4. The van der Waals surface area contributed by atoms with Crippen molar-refractivity contribution in [2.24, 2.45) is 5.41 Å². The van der Waals surface area contributed by atoms with Crippen molar-refractivity contribution in [3.63, 3.8) is 0 Å². The fourth-order valence-electron chi connectivity index (χ4n) is 4.21. The number of aromatic nitrogens is 2. The van der Waals surface area contributed by atoms with E-state index in [0.29, 0.717) is 35.4 Å². The van der Waals surface area contributed by atoms with Gasteiger partial charge < -0.3 is 15.6 Å². The van der Waals surface area contributed by atoms with Crippen LogP contribution < -0.4 is 5.73 Å². The lowest BCUT2D eigenvalue weighted by Crippen LogP contribution is -2.46. The second kappa shape index (κ2) is 6.92. The highest BCUT2D eigenvalue weighted by molar-refractivity contribution is 5.86. The zero-order valence-electron chi connectivity index (χ0n) is 15.9. The SMILES string of the molecule is COC1(C#Cc2cc(-c3ccccc3O)nnc2N)CCC2(CC1)CC(=O)C2. The van der Waals surface area contributed by atoms with Gasteiger partial charge in [0.2, 0.25) is 0 Å². The van der Waals surface area contributed by atoms with Crippen molar-refractivity contribution in [3.8, 4) is 28.8 Å². The molecule has 0 radical (unpaired) electrons. The first kappa shape index (κ1) is 18.5. The number of nitrogens with zero attached hydrogens (tertiary/aromatic N) is 2. The summed E-state index contributed by atoms with van der Waals surface area (Å²) in [6.07, 6.45) is 4.91. The third-order valence-electron chi connectivity index (χ3n) is 6.08. The van der Waals surface area contributed by atoms with E-state index >= 15 is 0 Å². The monoisotopic (exact) mass is 377 g/mol. The van der Waals surface area contributed by atoms with Crippen LogP contribution in [0.2, 0.25) is 0 Å². The first-order valence-electron chi connectivity index (χ1n) is 9.46. The summed E-state index contributed by atoms with van der Waals surface area (Å²) in [6.45, 7) is 0. The Bertz CT molecular complexity index is 972. The molecule has 4 rings (SSSR count). The maximum absolute atomic E-state index is 11.4. The number of methoxy groups -OCH3 is 1. The van der Waals surface area contributed by atoms with E-state index in [1.54, 1.807) is 31.4 Å². The molecule has 0 atom stereocenters. The molecule has 1 aromatic carbocycles. The molecule has 0 amide bonds. The molecule has 144 valence electrons. The molecule has 0 bridgehead atoms. The van der Waals surface area contributed by atoms with Crippen LogP contribution in [0.15, 0.2) is 30.3 Å². The number of ether oxygens (including phenoxy) is 1. The Morgan fingerprint density at radius 2 is 1.86 bits per heavy atom. The average molecular weight is 377 g/mol. The summed E-state index contributed by atoms with van der Waals surface area (Å²) in [7, 11) is 1.68. The number of rotatable bonds is 2. The fourth-order valence-corrected chi connectivity index (χ4v) is 4.21. The van der Waals surface area contributed by atoms with E-state index in [4.69, 9.17) is 10.5 Å². The number of ketones is 1. The van der Waals surface area contributed by atoms with E-state index in [1.165, 1.54) is 0 Å². The maximum Gasteiger partial charge on any atom is 0.161 e. The standard InChI is InChI=1S/C22H23N3O3/c1-28-22(10-8-21(9-11-22)13-16(26)14-21)7-6-15-12-18(24-25-20(15)23)17-4-2-3-5-19(17)27/h2-5,12,27H,8-11,13-14H2,1H3,(H2,23,25). The molecule has 6 heteroatoms. The van der Waals surface area contributed by atoms with Gasteiger partial charge >= 0.3 is 0 Å². The van der Waals surface area contributed by atoms with Crippen LogP contribution in [0.5, 0.6) is 5.75 Å². The van der Waals surface area contributed by atoms with Crippen LogP contribution in [0, 0.1) is 17.3 Å². The second-order valence-electron chi connectivity index (χ2n) is 7.89. The number of carbonyl (C=O) groups is 1. The van der Waals surface area contributed by atoms with Crippen molar-refractivity contribution >= 4 is 11.6 Å². The van der Waals surface area contributed by atoms with Gasteiger partial charge in [-0.1, -0.05) is 24.0 Å². The number of benzene rings is 1. The van der Waals surface area contributed by atoms with Gasteiger partial charge in [0, 0.05) is 25.5 Å². The number of nitrogen functional groups attached to an aromatic ring is 1. The minimum atomic E-state index is -0.533. The Hall–Kier alpha value is -2.91. The minimum Gasteiger partial charge on any atom is -0.507 e. The maximum atomic E-state index is 11.4. The number of aromatic hydroxyl groups is 1. The lowest BCUT2D eigenvalue weighted by atomic mass is 9.57. The van der Waals surface area contributed by atoms with Gasteiger partial charge in [0.1, 0.15) is 17.1 Å². The summed E-state index contributed by atoms with van der Waals surface area (Å²) in [5.41, 5.74) is 7.27. The van der Waals surface area contributed by atoms with Gasteiger partial charge in [-0.25, -0.2) is 0 Å². The summed E-state index contributed by atoms with van der Waals surface area (Å²) in [5, 5.41) is 18.1. The van der Waals surface area contributed by atoms with E-state index in [0.717, 1.165) is 25.7 Å². The topological polar surface area (TPSA) is 98.3 Å². The summed E-state index contributed by atoms with van der Waals surface area (Å²) in [6, 6.07) is 8.67. The molecule has 0 unspecified atom stereocenters. The van der Waals surface area contributed by atoms with Gasteiger partial charge in [-0.3, -0.25) is 4.79 Å². The van der Waals surface area contributed by atoms with Gasteiger partial charge in [0.25, 0.3) is 0 Å². The summed E-state index contributed by atoms with van der Waals surface area (Å²) >= 11 is 0. The third kappa shape index (κ3) is 3.34. The molecule has 2 aliphatic rings. The van der Waals surface area contributed by atoms with Crippen LogP contribution in [-0.2, 0) is 9.53 Å². The van der Waals surface area contributed by atoms with Gasteiger partial charge in [-0.2, -0.15) is 0 Å². The number of hydrogen-bond acceptors (Lipinski definition) is 6. The van der Waals surface area contributed by atoms with Crippen LogP contribution >= 0.6 is 0 Å². The molecule has 1 heterocycles. The van der Waals surface area contributed by atoms with Gasteiger partial charge in [-0.05, 0) is 49.3 Å². The Morgan fingerprint density at radius 1 is 1.14 bits per heavy atom. The van der Waals surface area contributed by atoms with Crippen LogP contribution in [0.1, 0.15) is 44.1 Å². The van der Waals surface area contributed by atoms with Crippen LogP contribution in [0.25, 0.3) is 11.3 Å². The first-order valence-corrected chi connectivity index (χ1v) is 9.46. The number of nitrogens with two attached hydrogens (primary N) is 1. The molecule has 3 N–H and O–H groups in total. The van der Waals surface area contributed by atoms with E-state index in [2.05, 4.69) is 22.0 Å². The molecule has 2 aliphatic carbocycles. The van der Waals surface area contributed by atoms with Gasteiger partial charge in [0.15, 0.2) is 5.82 Å². The van der Waals surface area contributed by atoms with Crippen LogP contribution in [-0.4, -0.2) is 33.8 Å². The van der Waals surface area contributed by atoms with Crippen molar-refractivity contribution in [2.45, 2.75) is 44.1 Å². The third-order valence-corrected chi connectivity index (χ3v) is 6.08. The molecular formula is C22H23N3O3. The predicted octanol–water partition coefficient (Wildman–Crippen LogP) is 3.09. The Kier molecular flexibility index (Phi) is 4.56.